The molecule has 0 bridgehead atoms. The van der Waals surface area contributed by atoms with Gasteiger partial charge in [0.2, 0.25) is 0 Å². The average Bonchev–Trinajstić information content (AvgIpc) is 2.52. The first-order chi connectivity index (χ1) is 6.24. The molecule has 1 N–H and O–H groups in total. The van der Waals surface area contributed by atoms with Crippen LogP contribution >= 0.6 is 34.5 Å². The molecular formula is C9H11Cl2NS. The van der Waals surface area contributed by atoms with E-state index in [0.717, 1.165) is 10.9 Å². The first kappa shape index (κ1) is 11.1. The zero-order valence-electron chi connectivity index (χ0n) is 7.26. The van der Waals surface area contributed by atoms with Gasteiger partial charge in [-0.3, -0.25) is 0 Å². The maximum Gasteiger partial charge on any atom is 0.0931 e. The fourth-order valence-corrected chi connectivity index (χ4v) is 2.13. The van der Waals surface area contributed by atoms with Gasteiger partial charge in [0.1, 0.15) is 0 Å². The van der Waals surface area contributed by atoms with Gasteiger partial charge in [-0.1, -0.05) is 29.3 Å². The van der Waals surface area contributed by atoms with E-state index in [-0.39, 0.29) is 0 Å². The summed E-state index contributed by atoms with van der Waals surface area (Å²) in [7, 11) is 0. The molecule has 0 radical (unpaired) electrons. The first-order valence-electron chi connectivity index (χ1n) is 3.98. The van der Waals surface area contributed by atoms with Gasteiger partial charge in [0.15, 0.2) is 0 Å². The molecule has 0 saturated carbocycles. The van der Waals surface area contributed by atoms with E-state index < -0.39 is 0 Å². The van der Waals surface area contributed by atoms with Crippen LogP contribution in [-0.4, -0.2) is 6.54 Å². The Labute approximate surface area is 92.4 Å². The second-order valence-corrected chi connectivity index (χ2v) is 4.63. The van der Waals surface area contributed by atoms with E-state index in [1.54, 1.807) is 11.3 Å². The monoisotopic (exact) mass is 235 g/mol. The molecule has 1 aromatic heterocycles. The van der Waals surface area contributed by atoms with Gasteiger partial charge in [0.05, 0.1) is 4.34 Å². The zero-order chi connectivity index (χ0) is 9.68. The fraction of sp³-hybridized carbons (Fsp3) is 0.333. The van der Waals surface area contributed by atoms with Gasteiger partial charge >= 0.3 is 0 Å². The summed E-state index contributed by atoms with van der Waals surface area (Å²) in [5.74, 6) is 0. The second kappa shape index (κ2) is 5.66. The summed E-state index contributed by atoms with van der Waals surface area (Å²) in [6.07, 6.45) is 1.87. The number of hydrogen-bond acceptors (Lipinski definition) is 2. The summed E-state index contributed by atoms with van der Waals surface area (Å²) in [5.41, 5.74) is 1.52. The average molecular weight is 236 g/mol. The van der Waals surface area contributed by atoms with E-state index in [9.17, 15) is 0 Å². The highest BCUT2D eigenvalue weighted by Crippen LogP contribution is 2.26. The summed E-state index contributed by atoms with van der Waals surface area (Å²) in [6, 6.07) is 4.28. The van der Waals surface area contributed by atoms with E-state index in [4.69, 9.17) is 23.2 Å². The summed E-state index contributed by atoms with van der Waals surface area (Å²) < 4.78 is 0.830. The minimum Gasteiger partial charge on any atom is -0.306 e. The lowest BCUT2D eigenvalue weighted by Gasteiger charge is -2.09. The van der Waals surface area contributed by atoms with Gasteiger partial charge < -0.3 is 5.32 Å². The summed E-state index contributed by atoms with van der Waals surface area (Å²) in [4.78, 5) is 1.24. The molecule has 0 fully saturated rings. The van der Waals surface area contributed by atoms with Crippen molar-refractivity contribution in [2.24, 2.45) is 0 Å². The van der Waals surface area contributed by atoms with Crippen molar-refractivity contribution in [2.45, 2.75) is 13.0 Å². The van der Waals surface area contributed by atoms with Crippen LogP contribution in [0.25, 0.3) is 0 Å². The van der Waals surface area contributed by atoms with Crippen LogP contribution in [0.3, 0.4) is 0 Å². The molecule has 1 heterocycles. The molecule has 1 nitrogen and oxygen atoms in total. The van der Waals surface area contributed by atoms with Crippen molar-refractivity contribution < 1.29 is 0 Å². The van der Waals surface area contributed by atoms with Gasteiger partial charge in [0, 0.05) is 23.0 Å². The molecule has 13 heavy (non-hydrogen) atoms. The predicted molar refractivity (Wildman–Crippen MR) is 60.7 cm³/mol. The summed E-state index contributed by atoms with van der Waals surface area (Å²) in [5, 5.41) is 3.29. The molecule has 0 aliphatic carbocycles. The molecule has 1 unspecified atom stereocenters. The number of thiophene rings is 1. The third kappa shape index (κ3) is 3.69. The highest BCUT2D eigenvalue weighted by Gasteiger charge is 2.05. The van der Waals surface area contributed by atoms with Gasteiger partial charge in [-0.25, -0.2) is 0 Å². The van der Waals surface area contributed by atoms with E-state index in [1.165, 1.54) is 10.4 Å². The van der Waals surface area contributed by atoms with Crippen LogP contribution < -0.4 is 5.32 Å². The maximum absolute atomic E-state index is 5.82. The normalized spacial score (nSPS) is 13.8. The predicted octanol–water partition coefficient (Wildman–Crippen LogP) is 3.80. The highest BCUT2D eigenvalue weighted by atomic mass is 35.5. The molecule has 72 valence electrons. The SMILES string of the molecule is CC(NC/C=C/Cl)c1ccc(Cl)s1. The van der Waals surface area contributed by atoms with E-state index >= 15 is 0 Å². The molecule has 0 spiro atoms. The van der Waals surface area contributed by atoms with Gasteiger partial charge in [0.25, 0.3) is 0 Å². The topological polar surface area (TPSA) is 12.0 Å². The van der Waals surface area contributed by atoms with Crippen molar-refractivity contribution in [3.8, 4) is 0 Å². The highest BCUT2D eigenvalue weighted by molar-refractivity contribution is 7.16. The minimum absolute atomic E-state index is 0.324. The van der Waals surface area contributed by atoms with Crippen LogP contribution in [-0.2, 0) is 0 Å². The van der Waals surface area contributed by atoms with Gasteiger partial charge in [-0.05, 0) is 19.1 Å². The molecule has 0 aromatic carbocycles. The quantitative estimate of drug-likeness (QED) is 0.838. The van der Waals surface area contributed by atoms with Gasteiger partial charge in [-0.2, -0.15) is 0 Å². The number of rotatable bonds is 4. The Morgan fingerprint density at radius 3 is 2.92 bits per heavy atom. The standard InChI is InChI=1S/C9H11Cl2NS/c1-7(12-6-2-5-10)8-3-4-9(11)13-8/h2-5,7,12H,6H2,1H3/b5-2+. The third-order valence-corrected chi connectivity index (χ3v) is 3.24. The largest absolute Gasteiger partial charge is 0.306 e. The molecule has 0 amide bonds. The molecule has 1 rings (SSSR count). The Kier molecular flexibility index (Phi) is 4.81. The maximum atomic E-state index is 5.82. The van der Waals surface area contributed by atoms with Crippen molar-refractivity contribution >= 4 is 34.5 Å². The molecule has 0 saturated heterocycles. The molecule has 1 atom stereocenters. The Morgan fingerprint density at radius 2 is 2.38 bits per heavy atom. The number of hydrogen-bond donors (Lipinski definition) is 1. The van der Waals surface area contributed by atoms with Crippen LogP contribution in [0.5, 0.6) is 0 Å². The van der Waals surface area contributed by atoms with Crippen LogP contribution in [0, 0.1) is 0 Å². The third-order valence-electron chi connectivity index (χ3n) is 1.65. The minimum atomic E-state index is 0.324. The van der Waals surface area contributed by atoms with Crippen LogP contribution in [0.4, 0.5) is 0 Å². The van der Waals surface area contributed by atoms with Crippen LogP contribution in [0.15, 0.2) is 23.7 Å². The molecule has 1 aromatic rings. The smallest absolute Gasteiger partial charge is 0.0931 e. The molecule has 0 aliphatic heterocycles. The lowest BCUT2D eigenvalue weighted by molar-refractivity contribution is 0.627. The van der Waals surface area contributed by atoms with Crippen molar-refractivity contribution in [3.05, 3.63) is 33.0 Å². The van der Waals surface area contributed by atoms with Crippen molar-refractivity contribution in [3.63, 3.8) is 0 Å². The number of halogens is 2. The number of nitrogens with one attached hydrogen (secondary N) is 1. The Bertz CT molecular complexity index is 283. The van der Waals surface area contributed by atoms with E-state index in [0.29, 0.717) is 6.04 Å². The molecular weight excluding hydrogens is 225 g/mol. The Morgan fingerprint density at radius 1 is 1.62 bits per heavy atom. The summed E-state index contributed by atoms with van der Waals surface area (Å²) >= 11 is 12.8. The van der Waals surface area contributed by atoms with Crippen molar-refractivity contribution in [2.75, 3.05) is 6.54 Å². The lowest BCUT2D eigenvalue weighted by atomic mass is 10.3. The van der Waals surface area contributed by atoms with Crippen molar-refractivity contribution in [1.29, 1.82) is 0 Å². The fourth-order valence-electron chi connectivity index (χ4n) is 0.951. The Hall–Kier alpha value is -0.0200. The Balaban J connectivity index is 2.43. The lowest BCUT2D eigenvalue weighted by Crippen LogP contribution is -2.17. The zero-order valence-corrected chi connectivity index (χ0v) is 9.59. The van der Waals surface area contributed by atoms with Crippen LogP contribution in [0.1, 0.15) is 17.8 Å². The summed E-state index contributed by atoms with van der Waals surface area (Å²) in [6.45, 7) is 2.88. The van der Waals surface area contributed by atoms with Crippen LogP contribution in [0.2, 0.25) is 4.34 Å². The second-order valence-electron chi connectivity index (χ2n) is 2.63. The van der Waals surface area contributed by atoms with Gasteiger partial charge in [-0.15, -0.1) is 11.3 Å². The van der Waals surface area contributed by atoms with Crippen molar-refractivity contribution in [1.82, 2.24) is 5.32 Å². The van der Waals surface area contributed by atoms with E-state index in [2.05, 4.69) is 12.2 Å². The molecule has 0 aliphatic rings. The van der Waals surface area contributed by atoms with E-state index in [1.807, 2.05) is 18.2 Å². The first-order valence-corrected chi connectivity index (χ1v) is 5.61. The molecule has 4 heteroatoms.